The van der Waals surface area contributed by atoms with Gasteiger partial charge in [-0.15, -0.1) is 0 Å². The molecule has 0 spiro atoms. The number of hydrogen-bond acceptors (Lipinski definition) is 3. The number of carbonyl (C=O) groups is 2. The first-order chi connectivity index (χ1) is 12.4. The van der Waals surface area contributed by atoms with Gasteiger partial charge in [0.05, 0.1) is 0 Å². The lowest BCUT2D eigenvalue weighted by molar-refractivity contribution is -0.129. The van der Waals surface area contributed by atoms with Crippen LogP contribution in [0.5, 0.6) is 5.75 Å². The number of benzene rings is 2. The second-order valence-electron chi connectivity index (χ2n) is 6.01. The van der Waals surface area contributed by atoms with Crippen LogP contribution in [0.15, 0.2) is 67.3 Å². The lowest BCUT2D eigenvalue weighted by Crippen LogP contribution is -2.02. The van der Waals surface area contributed by atoms with Crippen molar-refractivity contribution < 1.29 is 18.7 Å². The summed E-state index contributed by atoms with van der Waals surface area (Å²) in [6.45, 7) is 8.64. The summed E-state index contributed by atoms with van der Waals surface area (Å²) < 4.78 is 19.3. The highest BCUT2D eigenvalue weighted by molar-refractivity contribution is 5.94. The van der Waals surface area contributed by atoms with Gasteiger partial charge in [0.15, 0.2) is 5.78 Å². The highest BCUT2D eigenvalue weighted by atomic mass is 19.1. The van der Waals surface area contributed by atoms with Gasteiger partial charge in [0.25, 0.3) is 0 Å². The molecule has 0 saturated carbocycles. The van der Waals surface area contributed by atoms with Crippen molar-refractivity contribution in [3.63, 3.8) is 0 Å². The average Bonchev–Trinajstić information content (AvgIpc) is 2.63. The van der Waals surface area contributed by atoms with Crippen molar-refractivity contribution in [1.29, 1.82) is 0 Å². The summed E-state index contributed by atoms with van der Waals surface area (Å²) in [4.78, 5) is 22.7. The van der Waals surface area contributed by atoms with Crippen molar-refractivity contribution >= 4 is 11.8 Å². The van der Waals surface area contributed by atoms with E-state index in [1.807, 2.05) is 6.07 Å². The van der Waals surface area contributed by atoms with E-state index in [1.54, 1.807) is 37.3 Å². The van der Waals surface area contributed by atoms with Gasteiger partial charge in [-0.05, 0) is 60.2 Å². The molecule has 2 aromatic carbocycles. The highest BCUT2D eigenvalue weighted by Gasteiger charge is 2.08. The molecule has 0 unspecified atom stereocenters. The fourth-order valence-electron chi connectivity index (χ4n) is 2.46. The summed E-state index contributed by atoms with van der Waals surface area (Å²) in [5, 5.41) is 0. The predicted molar refractivity (Wildman–Crippen MR) is 100 cm³/mol. The van der Waals surface area contributed by atoms with Crippen LogP contribution in [0.1, 0.15) is 25.3 Å². The van der Waals surface area contributed by atoms with Crippen LogP contribution in [0.2, 0.25) is 0 Å². The third-order valence-electron chi connectivity index (χ3n) is 3.95. The fourth-order valence-corrected chi connectivity index (χ4v) is 2.46. The van der Waals surface area contributed by atoms with Crippen LogP contribution in [-0.4, -0.2) is 11.8 Å². The molecule has 134 valence electrons. The molecule has 0 fully saturated rings. The van der Waals surface area contributed by atoms with Crippen LogP contribution in [0.3, 0.4) is 0 Å². The maximum atomic E-state index is 14.3. The van der Waals surface area contributed by atoms with Crippen LogP contribution in [-0.2, 0) is 16.0 Å². The van der Waals surface area contributed by atoms with Gasteiger partial charge in [0.2, 0.25) is 0 Å². The molecule has 2 rings (SSSR count). The van der Waals surface area contributed by atoms with E-state index < -0.39 is 5.97 Å². The Bertz CT molecular complexity index is 835. The standard InChI is InChI=1S/C22H21FO3/c1-4-22(25)26-19-12-10-16(11-13-19)18-9-8-17(20(23)14-18)6-5-7-21(24)15(2)3/h4,8-14H,1-2,5-7H2,3H3. The van der Waals surface area contributed by atoms with Gasteiger partial charge < -0.3 is 4.74 Å². The van der Waals surface area contributed by atoms with E-state index in [4.69, 9.17) is 4.74 Å². The van der Waals surface area contributed by atoms with E-state index in [2.05, 4.69) is 13.2 Å². The minimum Gasteiger partial charge on any atom is -0.423 e. The van der Waals surface area contributed by atoms with Crippen LogP contribution < -0.4 is 4.74 Å². The number of esters is 1. The van der Waals surface area contributed by atoms with Crippen LogP contribution in [0.25, 0.3) is 11.1 Å². The van der Waals surface area contributed by atoms with Crippen molar-refractivity contribution in [3.05, 3.63) is 78.7 Å². The molecule has 0 heterocycles. The highest BCUT2D eigenvalue weighted by Crippen LogP contribution is 2.25. The predicted octanol–water partition coefficient (Wildman–Crippen LogP) is 5.05. The summed E-state index contributed by atoms with van der Waals surface area (Å²) in [6.07, 6.45) is 2.56. The topological polar surface area (TPSA) is 43.4 Å². The molecule has 4 heteroatoms. The van der Waals surface area contributed by atoms with Crippen LogP contribution in [0, 0.1) is 5.82 Å². The number of rotatable bonds is 8. The fraction of sp³-hybridized carbons (Fsp3) is 0.182. The van der Waals surface area contributed by atoms with Crippen molar-refractivity contribution in [3.8, 4) is 16.9 Å². The molecule has 2 aromatic rings. The van der Waals surface area contributed by atoms with E-state index >= 15 is 0 Å². The lowest BCUT2D eigenvalue weighted by Gasteiger charge is -2.08. The Kier molecular flexibility index (Phi) is 6.61. The first kappa shape index (κ1) is 19.3. The first-order valence-electron chi connectivity index (χ1n) is 8.32. The average molecular weight is 352 g/mol. The van der Waals surface area contributed by atoms with Gasteiger partial charge in [-0.2, -0.15) is 0 Å². The number of halogens is 1. The zero-order chi connectivity index (χ0) is 19.1. The molecular weight excluding hydrogens is 331 g/mol. The molecule has 0 amide bonds. The zero-order valence-electron chi connectivity index (χ0n) is 14.8. The van der Waals surface area contributed by atoms with Gasteiger partial charge in [0, 0.05) is 12.5 Å². The molecule has 0 aliphatic rings. The van der Waals surface area contributed by atoms with Gasteiger partial charge in [-0.3, -0.25) is 4.79 Å². The lowest BCUT2D eigenvalue weighted by atomic mass is 9.99. The van der Waals surface area contributed by atoms with Crippen molar-refractivity contribution in [2.45, 2.75) is 26.2 Å². The molecule has 0 N–H and O–H groups in total. The third kappa shape index (κ3) is 5.24. The van der Waals surface area contributed by atoms with Gasteiger partial charge in [-0.1, -0.05) is 37.4 Å². The number of aryl methyl sites for hydroxylation is 1. The molecular formula is C22H21FO3. The number of allylic oxidation sites excluding steroid dienone is 1. The largest absolute Gasteiger partial charge is 0.423 e. The maximum Gasteiger partial charge on any atom is 0.335 e. The number of ketones is 1. The summed E-state index contributed by atoms with van der Waals surface area (Å²) in [6, 6.07) is 11.8. The van der Waals surface area contributed by atoms with E-state index in [0.29, 0.717) is 36.1 Å². The Morgan fingerprint density at radius 1 is 1.12 bits per heavy atom. The summed E-state index contributed by atoms with van der Waals surface area (Å²) in [7, 11) is 0. The van der Waals surface area contributed by atoms with E-state index in [9.17, 15) is 14.0 Å². The van der Waals surface area contributed by atoms with Crippen molar-refractivity contribution in [2.75, 3.05) is 0 Å². The normalized spacial score (nSPS) is 10.2. The number of ether oxygens (including phenoxy) is 1. The minimum atomic E-state index is -0.529. The maximum absolute atomic E-state index is 14.3. The monoisotopic (exact) mass is 352 g/mol. The van der Waals surface area contributed by atoms with Crippen molar-refractivity contribution in [1.82, 2.24) is 0 Å². The first-order valence-corrected chi connectivity index (χ1v) is 8.32. The Balaban J connectivity index is 2.04. The smallest absolute Gasteiger partial charge is 0.335 e. The van der Waals surface area contributed by atoms with Gasteiger partial charge in [-0.25, -0.2) is 9.18 Å². The van der Waals surface area contributed by atoms with Crippen molar-refractivity contribution in [2.24, 2.45) is 0 Å². The second-order valence-corrected chi connectivity index (χ2v) is 6.01. The van der Waals surface area contributed by atoms with Crippen LogP contribution in [0.4, 0.5) is 4.39 Å². The zero-order valence-corrected chi connectivity index (χ0v) is 14.8. The molecule has 0 aliphatic carbocycles. The summed E-state index contributed by atoms with van der Waals surface area (Å²) >= 11 is 0. The molecule has 0 aromatic heterocycles. The third-order valence-corrected chi connectivity index (χ3v) is 3.95. The van der Waals surface area contributed by atoms with Gasteiger partial charge >= 0.3 is 5.97 Å². The van der Waals surface area contributed by atoms with Gasteiger partial charge in [0.1, 0.15) is 11.6 Å². The summed E-state index contributed by atoms with van der Waals surface area (Å²) in [5.41, 5.74) is 2.65. The minimum absolute atomic E-state index is 0.0132. The molecule has 0 atom stereocenters. The molecule has 0 aliphatic heterocycles. The number of Topliss-reactive ketones (excluding diaryl/α,β-unsaturated/α-hetero) is 1. The Hall–Kier alpha value is -3.01. The Labute approximate surface area is 152 Å². The SMILES string of the molecule is C=CC(=O)Oc1ccc(-c2ccc(CCCC(=O)C(=C)C)c(F)c2)cc1. The Morgan fingerprint density at radius 3 is 2.35 bits per heavy atom. The quantitative estimate of drug-likeness (QED) is 0.379. The molecule has 26 heavy (non-hydrogen) atoms. The molecule has 0 saturated heterocycles. The molecule has 3 nitrogen and oxygen atoms in total. The van der Waals surface area contributed by atoms with E-state index in [0.717, 1.165) is 17.2 Å². The summed E-state index contributed by atoms with van der Waals surface area (Å²) in [5.74, 6) is -0.414. The Morgan fingerprint density at radius 2 is 1.77 bits per heavy atom. The van der Waals surface area contributed by atoms with E-state index in [1.165, 1.54) is 6.07 Å². The second kappa shape index (κ2) is 8.90. The van der Waals surface area contributed by atoms with Crippen LogP contribution >= 0.6 is 0 Å². The van der Waals surface area contributed by atoms with E-state index in [-0.39, 0.29) is 11.6 Å². The molecule has 0 bridgehead atoms. The number of hydrogen-bond donors (Lipinski definition) is 0. The molecule has 0 radical (unpaired) electrons. The number of carbonyl (C=O) groups excluding carboxylic acids is 2.